The van der Waals surface area contributed by atoms with Gasteiger partial charge in [-0.15, -0.1) is 0 Å². The summed E-state index contributed by atoms with van der Waals surface area (Å²) in [5, 5.41) is 15.3. The smallest absolute Gasteiger partial charge is 0.356 e. The molecule has 21 heavy (non-hydrogen) atoms. The van der Waals surface area contributed by atoms with Crippen LogP contribution in [0.5, 0.6) is 0 Å². The van der Waals surface area contributed by atoms with Crippen LogP contribution in [0.4, 0.5) is 5.82 Å². The number of aromatic nitrogens is 3. The second kappa shape index (κ2) is 6.17. The maximum absolute atomic E-state index is 11.9. The van der Waals surface area contributed by atoms with Gasteiger partial charge in [-0.2, -0.15) is 5.10 Å². The van der Waals surface area contributed by atoms with Gasteiger partial charge in [-0.1, -0.05) is 6.07 Å². The number of anilines is 1. The van der Waals surface area contributed by atoms with E-state index in [-0.39, 0.29) is 11.6 Å². The molecule has 0 saturated heterocycles. The Morgan fingerprint density at radius 2 is 2.10 bits per heavy atom. The number of carboxylic acid groups (broad SMARTS) is 1. The molecule has 7 heteroatoms. The van der Waals surface area contributed by atoms with E-state index >= 15 is 0 Å². The lowest BCUT2D eigenvalue weighted by Gasteiger charge is -2.05. The molecule has 0 aliphatic heterocycles. The number of aromatic carboxylic acids is 1. The fraction of sp³-hybridized carbons (Fsp3) is 0.286. The van der Waals surface area contributed by atoms with Crippen molar-refractivity contribution in [2.45, 2.75) is 19.8 Å². The molecule has 0 saturated carbocycles. The van der Waals surface area contributed by atoms with Crippen LogP contribution in [0.25, 0.3) is 0 Å². The Labute approximate surface area is 121 Å². The predicted octanol–water partition coefficient (Wildman–Crippen LogP) is 1.39. The van der Waals surface area contributed by atoms with Gasteiger partial charge < -0.3 is 10.4 Å². The molecule has 0 radical (unpaired) electrons. The number of hydrogen-bond acceptors (Lipinski definition) is 4. The molecule has 0 spiro atoms. The summed E-state index contributed by atoms with van der Waals surface area (Å²) in [6.45, 7) is 1.94. The second-order valence-electron chi connectivity index (χ2n) is 4.76. The first kappa shape index (κ1) is 14.7. The number of nitrogens with one attached hydrogen (secondary N) is 1. The molecule has 0 aromatic carbocycles. The third kappa shape index (κ3) is 3.88. The average molecular weight is 288 g/mol. The Morgan fingerprint density at radius 3 is 2.71 bits per heavy atom. The number of nitrogens with zero attached hydrogens (tertiary/aromatic N) is 3. The largest absolute Gasteiger partial charge is 0.476 e. The van der Waals surface area contributed by atoms with Crippen LogP contribution in [0.1, 0.15) is 28.0 Å². The van der Waals surface area contributed by atoms with Gasteiger partial charge in [0.05, 0.1) is 0 Å². The molecule has 2 aromatic rings. The third-order valence-corrected chi connectivity index (χ3v) is 2.94. The number of aryl methyl sites for hydroxylation is 3. The van der Waals surface area contributed by atoms with Gasteiger partial charge >= 0.3 is 5.97 Å². The molecule has 2 N–H and O–H groups in total. The Balaban J connectivity index is 1.94. The maximum atomic E-state index is 11.9. The summed E-state index contributed by atoms with van der Waals surface area (Å²) >= 11 is 0. The molecule has 0 atom stereocenters. The van der Waals surface area contributed by atoms with Gasteiger partial charge in [0.15, 0.2) is 5.69 Å². The minimum Gasteiger partial charge on any atom is -0.476 e. The van der Waals surface area contributed by atoms with Crippen molar-refractivity contribution in [2.24, 2.45) is 7.05 Å². The van der Waals surface area contributed by atoms with E-state index in [0.717, 1.165) is 11.1 Å². The lowest BCUT2D eigenvalue weighted by molar-refractivity contribution is -0.116. The van der Waals surface area contributed by atoms with Crippen LogP contribution in [0.15, 0.2) is 24.5 Å². The molecular weight excluding hydrogens is 272 g/mol. The van der Waals surface area contributed by atoms with Crippen molar-refractivity contribution in [3.05, 3.63) is 41.3 Å². The van der Waals surface area contributed by atoms with Crippen LogP contribution < -0.4 is 5.32 Å². The number of carbonyl (C=O) groups excluding carboxylic acids is 1. The van der Waals surface area contributed by atoms with Crippen molar-refractivity contribution >= 4 is 17.7 Å². The Morgan fingerprint density at radius 1 is 1.33 bits per heavy atom. The number of carboxylic acids is 1. The van der Waals surface area contributed by atoms with Crippen LogP contribution in [-0.4, -0.2) is 31.7 Å². The fourth-order valence-corrected chi connectivity index (χ4v) is 1.91. The minimum atomic E-state index is -1.13. The first-order valence-corrected chi connectivity index (χ1v) is 6.43. The molecule has 0 aliphatic rings. The summed E-state index contributed by atoms with van der Waals surface area (Å²) in [6.07, 6.45) is 4.35. The molecule has 0 fully saturated rings. The molecule has 7 nitrogen and oxygen atoms in total. The number of carbonyl (C=O) groups is 2. The zero-order valence-electron chi connectivity index (χ0n) is 11.8. The summed E-state index contributed by atoms with van der Waals surface area (Å²) in [4.78, 5) is 26.8. The summed E-state index contributed by atoms with van der Waals surface area (Å²) in [5.74, 6) is -0.965. The van der Waals surface area contributed by atoms with Crippen molar-refractivity contribution in [3.63, 3.8) is 0 Å². The topological polar surface area (TPSA) is 97.1 Å². The molecule has 2 rings (SSSR count). The molecule has 1 amide bonds. The Bertz CT molecular complexity index is 679. The highest BCUT2D eigenvalue weighted by Gasteiger charge is 2.13. The van der Waals surface area contributed by atoms with Gasteiger partial charge in [0, 0.05) is 31.9 Å². The molecule has 2 aromatic heterocycles. The van der Waals surface area contributed by atoms with Crippen molar-refractivity contribution in [2.75, 3.05) is 5.32 Å². The molecule has 110 valence electrons. The molecule has 2 heterocycles. The van der Waals surface area contributed by atoms with E-state index in [1.54, 1.807) is 19.4 Å². The molecule has 0 aliphatic carbocycles. The molecule has 0 bridgehead atoms. The Hall–Kier alpha value is -2.70. The van der Waals surface area contributed by atoms with E-state index < -0.39 is 5.97 Å². The van der Waals surface area contributed by atoms with Crippen molar-refractivity contribution in [1.82, 2.24) is 14.8 Å². The van der Waals surface area contributed by atoms with E-state index in [1.807, 2.05) is 13.0 Å². The zero-order chi connectivity index (χ0) is 15.4. The first-order chi connectivity index (χ1) is 9.95. The monoisotopic (exact) mass is 288 g/mol. The SMILES string of the molecule is Cc1cncc(CCC(=O)Nc2cc(C(=O)O)nn2C)c1. The summed E-state index contributed by atoms with van der Waals surface area (Å²) in [6, 6.07) is 3.31. The predicted molar refractivity (Wildman–Crippen MR) is 76.1 cm³/mol. The first-order valence-electron chi connectivity index (χ1n) is 6.43. The minimum absolute atomic E-state index is 0.101. The standard InChI is InChI=1S/C14H16N4O3/c1-9-5-10(8-15-7-9)3-4-13(19)16-12-6-11(14(20)21)17-18(12)2/h5-8H,3-4H2,1-2H3,(H,16,19)(H,20,21). The van der Waals surface area contributed by atoms with Crippen molar-refractivity contribution in [3.8, 4) is 0 Å². The van der Waals surface area contributed by atoms with E-state index in [0.29, 0.717) is 18.7 Å². The highest BCUT2D eigenvalue weighted by molar-refractivity contribution is 5.92. The average Bonchev–Trinajstić information content (AvgIpc) is 2.78. The van der Waals surface area contributed by atoms with Gasteiger partial charge in [-0.25, -0.2) is 4.79 Å². The van der Waals surface area contributed by atoms with Crippen LogP contribution >= 0.6 is 0 Å². The quantitative estimate of drug-likeness (QED) is 0.866. The van der Waals surface area contributed by atoms with E-state index in [2.05, 4.69) is 15.4 Å². The summed E-state index contributed by atoms with van der Waals surface area (Å²) in [7, 11) is 1.58. The van der Waals surface area contributed by atoms with Crippen molar-refractivity contribution in [1.29, 1.82) is 0 Å². The summed E-state index contributed by atoms with van der Waals surface area (Å²) < 4.78 is 1.33. The Kier molecular flexibility index (Phi) is 4.32. The lowest BCUT2D eigenvalue weighted by Crippen LogP contribution is -2.14. The third-order valence-electron chi connectivity index (χ3n) is 2.94. The number of rotatable bonds is 5. The van der Waals surface area contributed by atoms with E-state index in [1.165, 1.54) is 10.7 Å². The number of amides is 1. The molecule has 0 unspecified atom stereocenters. The van der Waals surface area contributed by atoms with Crippen LogP contribution in [0, 0.1) is 6.92 Å². The van der Waals surface area contributed by atoms with E-state index in [4.69, 9.17) is 5.11 Å². The number of pyridine rings is 1. The zero-order valence-corrected chi connectivity index (χ0v) is 11.8. The lowest BCUT2D eigenvalue weighted by atomic mass is 10.1. The van der Waals surface area contributed by atoms with Gasteiger partial charge in [0.25, 0.3) is 0 Å². The summed E-state index contributed by atoms with van der Waals surface area (Å²) in [5.41, 5.74) is 1.93. The van der Waals surface area contributed by atoms with Gasteiger partial charge in [0.1, 0.15) is 5.82 Å². The molecular formula is C14H16N4O3. The van der Waals surface area contributed by atoms with E-state index in [9.17, 15) is 9.59 Å². The normalized spacial score (nSPS) is 10.4. The van der Waals surface area contributed by atoms with Gasteiger partial charge in [-0.05, 0) is 24.5 Å². The van der Waals surface area contributed by atoms with Crippen LogP contribution in [0.2, 0.25) is 0 Å². The fourth-order valence-electron chi connectivity index (χ4n) is 1.91. The number of hydrogen-bond donors (Lipinski definition) is 2. The highest BCUT2D eigenvalue weighted by Crippen LogP contribution is 2.10. The highest BCUT2D eigenvalue weighted by atomic mass is 16.4. The maximum Gasteiger partial charge on any atom is 0.356 e. The van der Waals surface area contributed by atoms with Gasteiger partial charge in [-0.3, -0.25) is 14.5 Å². The van der Waals surface area contributed by atoms with Gasteiger partial charge in [0.2, 0.25) is 5.91 Å². The second-order valence-corrected chi connectivity index (χ2v) is 4.76. The van der Waals surface area contributed by atoms with Crippen LogP contribution in [0.3, 0.4) is 0 Å². The van der Waals surface area contributed by atoms with Crippen LogP contribution in [-0.2, 0) is 18.3 Å². The van der Waals surface area contributed by atoms with Crippen molar-refractivity contribution < 1.29 is 14.7 Å².